The van der Waals surface area contributed by atoms with Crippen LogP contribution in [0.5, 0.6) is 0 Å². The zero-order valence-electron chi connectivity index (χ0n) is 10.3. The SMILES string of the molecule is CC=Nc1c(NC)cc(C(C)C)n1CC. The van der Waals surface area contributed by atoms with Crippen molar-refractivity contribution >= 4 is 17.7 Å². The summed E-state index contributed by atoms with van der Waals surface area (Å²) in [6, 6.07) is 2.19. The van der Waals surface area contributed by atoms with Crippen LogP contribution < -0.4 is 5.32 Å². The smallest absolute Gasteiger partial charge is 0.155 e. The average Bonchev–Trinajstić information content (AvgIpc) is 2.56. The summed E-state index contributed by atoms with van der Waals surface area (Å²) in [5.74, 6) is 1.56. The molecule has 1 aromatic heterocycles. The van der Waals surface area contributed by atoms with E-state index in [9.17, 15) is 0 Å². The lowest BCUT2D eigenvalue weighted by molar-refractivity contribution is 0.676. The second-order valence-electron chi connectivity index (χ2n) is 3.84. The first-order chi connectivity index (χ1) is 7.15. The molecule has 0 spiro atoms. The zero-order chi connectivity index (χ0) is 11.4. The summed E-state index contributed by atoms with van der Waals surface area (Å²) < 4.78 is 2.26. The predicted octanol–water partition coefficient (Wildman–Crippen LogP) is 3.40. The third-order valence-corrected chi connectivity index (χ3v) is 2.53. The third kappa shape index (κ3) is 2.22. The summed E-state index contributed by atoms with van der Waals surface area (Å²) >= 11 is 0. The molecule has 1 N–H and O–H groups in total. The van der Waals surface area contributed by atoms with Crippen molar-refractivity contribution in [2.45, 2.75) is 40.2 Å². The maximum atomic E-state index is 4.43. The Hall–Kier alpha value is -1.25. The molecule has 84 valence electrons. The zero-order valence-corrected chi connectivity index (χ0v) is 10.3. The lowest BCUT2D eigenvalue weighted by Crippen LogP contribution is -2.01. The van der Waals surface area contributed by atoms with Crippen molar-refractivity contribution in [3.05, 3.63) is 11.8 Å². The van der Waals surface area contributed by atoms with Gasteiger partial charge in [-0.1, -0.05) is 13.8 Å². The molecule has 0 saturated heterocycles. The molecule has 1 aromatic rings. The van der Waals surface area contributed by atoms with E-state index in [1.54, 1.807) is 0 Å². The lowest BCUT2D eigenvalue weighted by atomic mass is 10.1. The topological polar surface area (TPSA) is 29.3 Å². The van der Waals surface area contributed by atoms with Crippen molar-refractivity contribution in [3.63, 3.8) is 0 Å². The van der Waals surface area contributed by atoms with Gasteiger partial charge in [-0.05, 0) is 25.8 Å². The summed E-state index contributed by atoms with van der Waals surface area (Å²) in [6.07, 6.45) is 1.84. The Morgan fingerprint density at radius 1 is 1.53 bits per heavy atom. The Kier molecular flexibility index (Phi) is 3.95. The first kappa shape index (κ1) is 11.8. The van der Waals surface area contributed by atoms with E-state index in [1.807, 2.05) is 20.2 Å². The standard InChI is InChI=1S/C12H21N3/c1-6-14-12-10(13-5)8-11(9(3)4)15(12)7-2/h6,8-9,13H,7H2,1-5H3. The highest BCUT2D eigenvalue weighted by molar-refractivity contribution is 5.70. The van der Waals surface area contributed by atoms with E-state index in [2.05, 4.69) is 41.7 Å². The van der Waals surface area contributed by atoms with Gasteiger partial charge in [0.05, 0.1) is 5.69 Å². The number of aromatic nitrogens is 1. The molecule has 0 saturated carbocycles. The minimum atomic E-state index is 0.526. The van der Waals surface area contributed by atoms with Crippen molar-refractivity contribution in [1.82, 2.24) is 4.57 Å². The number of nitrogens with zero attached hydrogens (tertiary/aromatic N) is 2. The highest BCUT2D eigenvalue weighted by atomic mass is 15.1. The van der Waals surface area contributed by atoms with Crippen LogP contribution in [0.1, 0.15) is 39.3 Å². The Balaban J connectivity index is 3.32. The van der Waals surface area contributed by atoms with Gasteiger partial charge in [-0.2, -0.15) is 0 Å². The van der Waals surface area contributed by atoms with Crippen molar-refractivity contribution < 1.29 is 0 Å². The van der Waals surface area contributed by atoms with Crippen LogP contribution >= 0.6 is 0 Å². The Bertz CT molecular complexity index is 348. The molecule has 0 fully saturated rings. The second kappa shape index (κ2) is 5.01. The summed E-state index contributed by atoms with van der Waals surface area (Å²) in [4.78, 5) is 4.43. The summed E-state index contributed by atoms with van der Waals surface area (Å²) in [6.45, 7) is 9.48. The molecule has 0 radical (unpaired) electrons. The molecule has 15 heavy (non-hydrogen) atoms. The van der Waals surface area contributed by atoms with E-state index in [4.69, 9.17) is 0 Å². The quantitative estimate of drug-likeness (QED) is 0.753. The van der Waals surface area contributed by atoms with E-state index < -0.39 is 0 Å². The van der Waals surface area contributed by atoms with Crippen LogP contribution in [0.2, 0.25) is 0 Å². The molecule has 0 unspecified atom stereocenters. The number of anilines is 1. The van der Waals surface area contributed by atoms with Gasteiger partial charge in [0.1, 0.15) is 0 Å². The first-order valence-electron chi connectivity index (χ1n) is 5.55. The van der Waals surface area contributed by atoms with Crippen LogP contribution in [0.4, 0.5) is 11.5 Å². The first-order valence-corrected chi connectivity index (χ1v) is 5.55. The minimum absolute atomic E-state index is 0.526. The van der Waals surface area contributed by atoms with Gasteiger partial charge in [-0.25, -0.2) is 4.99 Å². The fraction of sp³-hybridized carbons (Fsp3) is 0.583. The molecule has 1 heterocycles. The van der Waals surface area contributed by atoms with Crippen LogP contribution in [-0.4, -0.2) is 17.8 Å². The van der Waals surface area contributed by atoms with E-state index >= 15 is 0 Å². The summed E-state index contributed by atoms with van der Waals surface area (Å²) in [5.41, 5.74) is 2.45. The van der Waals surface area contributed by atoms with Gasteiger partial charge in [0.25, 0.3) is 0 Å². The predicted molar refractivity (Wildman–Crippen MR) is 67.6 cm³/mol. The van der Waals surface area contributed by atoms with Gasteiger partial charge in [-0.3, -0.25) is 0 Å². The number of hydrogen-bond donors (Lipinski definition) is 1. The van der Waals surface area contributed by atoms with Crippen LogP contribution in [0.25, 0.3) is 0 Å². The molecular weight excluding hydrogens is 186 g/mol. The number of hydrogen-bond acceptors (Lipinski definition) is 2. The van der Waals surface area contributed by atoms with E-state index in [0.29, 0.717) is 5.92 Å². The fourth-order valence-corrected chi connectivity index (χ4v) is 1.81. The van der Waals surface area contributed by atoms with Crippen molar-refractivity contribution in [1.29, 1.82) is 0 Å². The lowest BCUT2D eigenvalue weighted by Gasteiger charge is -2.10. The highest BCUT2D eigenvalue weighted by Gasteiger charge is 2.14. The molecule has 0 aromatic carbocycles. The van der Waals surface area contributed by atoms with E-state index in [-0.39, 0.29) is 0 Å². The fourth-order valence-electron chi connectivity index (χ4n) is 1.81. The normalized spacial score (nSPS) is 11.6. The largest absolute Gasteiger partial charge is 0.385 e. The van der Waals surface area contributed by atoms with E-state index in [0.717, 1.165) is 18.1 Å². The molecule has 0 atom stereocenters. The Labute approximate surface area is 92.2 Å². The van der Waals surface area contributed by atoms with Crippen molar-refractivity contribution in [2.24, 2.45) is 4.99 Å². The molecule has 3 nitrogen and oxygen atoms in total. The van der Waals surface area contributed by atoms with Crippen LogP contribution in [0, 0.1) is 0 Å². The van der Waals surface area contributed by atoms with Gasteiger partial charge < -0.3 is 9.88 Å². The van der Waals surface area contributed by atoms with Crippen molar-refractivity contribution in [2.75, 3.05) is 12.4 Å². The molecule has 1 rings (SSSR count). The maximum Gasteiger partial charge on any atom is 0.155 e. The van der Waals surface area contributed by atoms with Gasteiger partial charge in [-0.15, -0.1) is 0 Å². The monoisotopic (exact) mass is 207 g/mol. The van der Waals surface area contributed by atoms with Gasteiger partial charge in [0.15, 0.2) is 5.82 Å². The molecular formula is C12H21N3. The van der Waals surface area contributed by atoms with Crippen LogP contribution in [0.15, 0.2) is 11.1 Å². The van der Waals surface area contributed by atoms with Gasteiger partial charge in [0.2, 0.25) is 0 Å². The Morgan fingerprint density at radius 3 is 2.60 bits per heavy atom. The van der Waals surface area contributed by atoms with E-state index in [1.165, 1.54) is 5.69 Å². The molecule has 0 aliphatic rings. The molecule has 3 heteroatoms. The molecule has 0 amide bonds. The van der Waals surface area contributed by atoms with Gasteiger partial charge in [0, 0.05) is 25.5 Å². The molecule has 0 aliphatic heterocycles. The summed E-state index contributed by atoms with van der Waals surface area (Å²) in [5, 5.41) is 3.20. The molecule has 0 bridgehead atoms. The van der Waals surface area contributed by atoms with Crippen molar-refractivity contribution in [3.8, 4) is 0 Å². The number of aliphatic imine (C=N–C) groups is 1. The highest BCUT2D eigenvalue weighted by Crippen LogP contribution is 2.32. The average molecular weight is 207 g/mol. The maximum absolute atomic E-state index is 4.43. The van der Waals surface area contributed by atoms with Gasteiger partial charge >= 0.3 is 0 Å². The second-order valence-corrected chi connectivity index (χ2v) is 3.84. The molecule has 0 aliphatic carbocycles. The third-order valence-electron chi connectivity index (χ3n) is 2.53. The number of rotatable bonds is 4. The number of nitrogens with one attached hydrogen (secondary N) is 1. The summed E-state index contributed by atoms with van der Waals surface area (Å²) in [7, 11) is 1.94. The Morgan fingerprint density at radius 2 is 2.20 bits per heavy atom. The van der Waals surface area contributed by atoms with Crippen LogP contribution in [-0.2, 0) is 6.54 Å². The van der Waals surface area contributed by atoms with Crippen LogP contribution in [0.3, 0.4) is 0 Å². The minimum Gasteiger partial charge on any atom is -0.385 e.